The Labute approximate surface area is 158 Å². The number of morpholine rings is 1. The van der Waals surface area contributed by atoms with E-state index >= 15 is 0 Å². The first-order valence-electron chi connectivity index (χ1n) is 7.00. The first-order valence-corrected chi connectivity index (χ1v) is 8.98. The Morgan fingerprint density at radius 3 is 2.87 bits per heavy atom. The number of rotatable bonds is 4. The quantitative estimate of drug-likeness (QED) is 0.667. The molecule has 1 saturated heterocycles. The van der Waals surface area contributed by atoms with Crippen LogP contribution in [0.1, 0.15) is 9.67 Å². The van der Waals surface area contributed by atoms with Gasteiger partial charge in [-0.1, -0.05) is 33.6 Å². The second-order valence-corrected chi connectivity index (χ2v) is 7.32. The van der Waals surface area contributed by atoms with E-state index in [1.54, 1.807) is 0 Å². The average molecular weight is 441 g/mol. The molecule has 1 aromatic heterocycles. The molecule has 0 spiro atoms. The van der Waals surface area contributed by atoms with Crippen molar-refractivity contribution in [2.45, 2.75) is 0 Å². The zero-order valence-corrected chi connectivity index (χ0v) is 16.2. The Morgan fingerprint density at radius 2 is 2.13 bits per heavy atom. The van der Waals surface area contributed by atoms with Crippen LogP contribution in [0.15, 0.2) is 22.7 Å². The van der Waals surface area contributed by atoms with Crippen molar-refractivity contribution in [3.05, 3.63) is 32.6 Å². The lowest BCUT2D eigenvalue weighted by atomic mass is 10.2. The number of nitrogens with zero attached hydrogens (tertiary/aromatic N) is 1. The number of carbonyl (C=O) groups excluding carboxylic acids is 1. The van der Waals surface area contributed by atoms with Gasteiger partial charge in [-0.3, -0.25) is 4.90 Å². The van der Waals surface area contributed by atoms with Gasteiger partial charge in [-0.15, -0.1) is 23.7 Å². The summed E-state index contributed by atoms with van der Waals surface area (Å²) in [4.78, 5) is 14.9. The molecule has 0 bridgehead atoms. The molecule has 0 saturated carbocycles. The van der Waals surface area contributed by atoms with Crippen LogP contribution >= 0.6 is 51.3 Å². The van der Waals surface area contributed by atoms with Gasteiger partial charge in [0.2, 0.25) is 0 Å². The Kier molecular flexibility index (Phi) is 7.13. The van der Waals surface area contributed by atoms with Crippen molar-refractivity contribution in [2.75, 3.05) is 39.5 Å². The Balaban J connectivity index is 0.00000192. The lowest BCUT2D eigenvalue weighted by Crippen LogP contribution is -2.38. The van der Waals surface area contributed by atoms with Gasteiger partial charge >= 0.3 is 5.97 Å². The largest absolute Gasteiger partial charge is 0.460 e. The fourth-order valence-electron chi connectivity index (χ4n) is 2.33. The Hall–Kier alpha value is -0.370. The molecular formula is C15H16BrCl2NO3S. The van der Waals surface area contributed by atoms with Gasteiger partial charge in [0, 0.05) is 34.2 Å². The number of hydrogen-bond acceptors (Lipinski definition) is 5. The highest BCUT2D eigenvalue weighted by atomic mass is 79.9. The van der Waals surface area contributed by atoms with Gasteiger partial charge in [-0.25, -0.2) is 4.79 Å². The van der Waals surface area contributed by atoms with E-state index in [0.717, 1.165) is 47.4 Å². The maximum absolute atomic E-state index is 12.2. The molecule has 1 aromatic carbocycles. The van der Waals surface area contributed by atoms with E-state index in [1.807, 2.05) is 18.2 Å². The van der Waals surface area contributed by atoms with Crippen LogP contribution in [-0.2, 0) is 9.47 Å². The summed E-state index contributed by atoms with van der Waals surface area (Å²) < 4.78 is 12.6. The van der Waals surface area contributed by atoms with Gasteiger partial charge in [-0.05, 0) is 12.1 Å². The van der Waals surface area contributed by atoms with Crippen LogP contribution in [0.4, 0.5) is 0 Å². The Bertz CT molecular complexity index is 689. The maximum atomic E-state index is 12.2. The summed E-state index contributed by atoms with van der Waals surface area (Å²) in [7, 11) is 0. The molecule has 0 amide bonds. The number of carbonyl (C=O) groups is 1. The van der Waals surface area contributed by atoms with Crippen molar-refractivity contribution in [3.63, 3.8) is 0 Å². The molecule has 0 unspecified atom stereocenters. The van der Waals surface area contributed by atoms with Gasteiger partial charge in [0.1, 0.15) is 11.5 Å². The zero-order valence-electron chi connectivity index (χ0n) is 12.2. The number of halogens is 3. The van der Waals surface area contributed by atoms with Crippen LogP contribution in [0.25, 0.3) is 10.1 Å². The van der Waals surface area contributed by atoms with Crippen molar-refractivity contribution in [3.8, 4) is 0 Å². The predicted octanol–water partition coefficient (Wildman–Crippen LogP) is 4.23. The summed E-state index contributed by atoms with van der Waals surface area (Å²) in [5.41, 5.74) is 0. The third kappa shape index (κ3) is 4.59. The minimum absolute atomic E-state index is 0. The molecule has 0 radical (unpaired) electrons. The molecule has 0 atom stereocenters. The molecule has 3 rings (SSSR count). The minimum atomic E-state index is -0.351. The van der Waals surface area contributed by atoms with E-state index in [9.17, 15) is 4.79 Å². The number of esters is 1. The third-order valence-electron chi connectivity index (χ3n) is 3.52. The van der Waals surface area contributed by atoms with Crippen molar-refractivity contribution >= 4 is 67.3 Å². The second kappa shape index (κ2) is 8.65. The summed E-state index contributed by atoms with van der Waals surface area (Å²) in [6.07, 6.45) is 0. The lowest BCUT2D eigenvalue weighted by molar-refractivity contribution is 0.0198. The molecular weight excluding hydrogens is 425 g/mol. The number of hydrogen-bond donors (Lipinski definition) is 0. The first kappa shape index (κ1) is 19.0. The maximum Gasteiger partial charge on any atom is 0.349 e. The molecule has 0 N–H and O–H groups in total. The van der Waals surface area contributed by atoms with Crippen LogP contribution in [-0.4, -0.2) is 50.3 Å². The fraction of sp³-hybridized carbons (Fsp3) is 0.400. The van der Waals surface area contributed by atoms with Crippen molar-refractivity contribution < 1.29 is 14.3 Å². The highest BCUT2D eigenvalue weighted by Gasteiger charge is 2.19. The normalized spacial score (nSPS) is 15.4. The van der Waals surface area contributed by atoms with Gasteiger partial charge in [0.25, 0.3) is 0 Å². The van der Waals surface area contributed by atoms with E-state index in [1.165, 1.54) is 11.3 Å². The molecule has 1 fully saturated rings. The Morgan fingerprint density at radius 1 is 1.39 bits per heavy atom. The minimum Gasteiger partial charge on any atom is -0.460 e. The smallest absolute Gasteiger partial charge is 0.349 e. The third-order valence-corrected chi connectivity index (χ3v) is 5.65. The van der Waals surface area contributed by atoms with Crippen LogP contribution in [0.3, 0.4) is 0 Å². The van der Waals surface area contributed by atoms with Gasteiger partial charge in [0.05, 0.1) is 18.2 Å². The first-order chi connectivity index (χ1) is 10.6. The molecule has 2 heterocycles. The molecule has 8 heteroatoms. The number of ether oxygens (including phenoxy) is 2. The number of fused-ring (bicyclic) bond motifs is 1. The molecule has 23 heavy (non-hydrogen) atoms. The van der Waals surface area contributed by atoms with Gasteiger partial charge < -0.3 is 9.47 Å². The average Bonchev–Trinajstić information content (AvgIpc) is 2.84. The standard InChI is InChI=1S/C15H15BrClNO3S.ClH/c16-10-1-2-11-12(9-10)22-14(13(11)17)15(19)21-8-5-18-3-6-20-7-4-18;/h1-2,9H,3-8H2;1H. The van der Waals surface area contributed by atoms with Gasteiger partial charge in [0.15, 0.2) is 0 Å². The van der Waals surface area contributed by atoms with Crippen molar-refractivity contribution in [1.82, 2.24) is 4.90 Å². The summed E-state index contributed by atoms with van der Waals surface area (Å²) in [5, 5.41) is 1.36. The highest BCUT2D eigenvalue weighted by Crippen LogP contribution is 2.37. The van der Waals surface area contributed by atoms with E-state index in [0.29, 0.717) is 16.5 Å². The van der Waals surface area contributed by atoms with E-state index in [-0.39, 0.29) is 18.4 Å². The fourth-order valence-corrected chi connectivity index (χ4v) is 4.28. The summed E-state index contributed by atoms with van der Waals surface area (Å²) in [5.74, 6) is -0.351. The second-order valence-electron chi connectivity index (χ2n) is 4.98. The van der Waals surface area contributed by atoms with E-state index in [2.05, 4.69) is 20.8 Å². The molecule has 1 aliphatic rings. The summed E-state index contributed by atoms with van der Waals surface area (Å²) >= 11 is 11.1. The van der Waals surface area contributed by atoms with Crippen LogP contribution in [0.2, 0.25) is 5.02 Å². The highest BCUT2D eigenvalue weighted by molar-refractivity contribution is 9.10. The summed E-state index contributed by atoms with van der Waals surface area (Å²) in [6.45, 7) is 4.34. The topological polar surface area (TPSA) is 38.8 Å². The van der Waals surface area contributed by atoms with Gasteiger partial charge in [-0.2, -0.15) is 0 Å². The number of thiophene rings is 1. The molecule has 0 aliphatic carbocycles. The van der Waals surface area contributed by atoms with Crippen LogP contribution < -0.4 is 0 Å². The SMILES string of the molecule is Cl.O=C(OCCN1CCOCC1)c1sc2cc(Br)ccc2c1Cl. The number of benzene rings is 1. The molecule has 4 nitrogen and oxygen atoms in total. The predicted molar refractivity (Wildman–Crippen MR) is 99.3 cm³/mol. The van der Waals surface area contributed by atoms with Crippen molar-refractivity contribution in [1.29, 1.82) is 0 Å². The molecule has 1 aliphatic heterocycles. The molecule has 126 valence electrons. The van der Waals surface area contributed by atoms with Crippen LogP contribution in [0, 0.1) is 0 Å². The van der Waals surface area contributed by atoms with E-state index < -0.39 is 0 Å². The summed E-state index contributed by atoms with van der Waals surface area (Å²) in [6, 6.07) is 5.77. The zero-order chi connectivity index (χ0) is 15.5. The monoisotopic (exact) mass is 439 g/mol. The van der Waals surface area contributed by atoms with Crippen LogP contribution in [0.5, 0.6) is 0 Å². The van der Waals surface area contributed by atoms with Crippen molar-refractivity contribution in [2.24, 2.45) is 0 Å². The lowest BCUT2D eigenvalue weighted by Gasteiger charge is -2.26. The van der Waals surface area contributed by atoms with E-state index in [4.69, 9.17) is 21.1 Å². The molecule has 2 aromatic rings.